The molecule has 2 rings (SSSR count). The van der Waals surface area contributed by atoms with Gasteiger partial charge in [0.1, 0.15) is 0 Å². The minimum Gasteiger partial charge on any atom is -0.323 e. The summed E-state index contributed by atoms with van der Waals surface area (Å²) in [6, 6.07) is 5.87. The Kier molecular flexibility index (Phi) is 1.73. The van der Waals surface area contributed by atoms with Gasteiger partial charge in [-0.25, -0.2) is 0 Å². The van der Waals surface area contributed by atoms with E-state index in [1.54, 1.807) is 6.21 Å². The molecule has 0 unspecified atom stereocenters. The van der Waals surface area contributed by atoms with Crippen LogP contribution in [0.3, 0.4) is 0 Å². The number of nitrogens with two attached hydrogens (primary N) is 1. The van der Waals surface area contributed by atoms with Crippen LogP contribution >= 0.6 is 0 Å². The molecule has 13 heavy (non-hydrogen) atoms. The Morgan fingerprint density at radius 2 is 2.38 bits per heavy atom. The van der Waals surface area contributed by atoms with Gasteiger partial charge < -0.3 is 5.84 Å². The van der Waals surface area contributed by atoms with Crippen LogP contribution in [0.25, 0.3) is 10.9 Å². The van der Waals surface area contributed by atoms with E-state index in [0.717, 1.165) is 22.2 Å². The van der Waals surface area contributed by atoms with Crippen molar-refractivity contribution in [2.24, 2.45) is 10.9 Å². The van der Waals surface area contributed by atoms with Crippen molar-refractivity contribution in [2.75, 3.05) is 0 Å². The summed E-state index contributed by atoms with van der Waals surface area (Å²) < 4.78 is 0. The van der Waals surface area contributed by atoms with Crippen molar-refractivity contribution in [1.82, 2.24) is 10.2 Å². The quantitative estimate of drug-likeness (QED) is 0.387. The molecule has 0 atom stereocenters. The topological polar surface area (TPSA) is 67.1 Å². The van der Waals surface area contributed by atoms with Crippen molar-refractivity contribution in [2.45, 2.75) is 6.92 Å². The molecular formula is C9H10N4. The van der Waals surface area contributed by atoms with Crippen molar-refractivity contribution < 1.29 is 0 Å². The lowest BCUT2D eigenvalue weighted by Crippen LogP contribution is -1.85. The fourth-order valence-electron chi connectivity index (χ4n) is 1.32. The van der Waals surface area contributed by atoms with Crippen molar-refractivity contribution in [3.05, 3.63) is 29.5 Å². The number of hydrogen-bond acceptors (Lipinski definition) is 3. The molecule has 1 heterocycles. The molecule has 0 fully saturated rings. The van der Waals surface area contributed by atoms with Gasteiger partial charge in [-0.3, -0.25) is 5.10 Å². The Hall–Kier alpha value is -1.84. The molecule has 0 aliphatic carbocycles. The summed E-state index contributed by atoms with van der Waals surface area (Å²) in [5.74, 6) is 5.06. The van der Waals surface area contributed by atoms with Crippen LogP contribution in [0.2, 0.25) is 0 Å². The summed E-state index contributed by atoms with van der Waals surface area (Å²) in [6.07, 6.45) is 1.62. The Labute approximate surface area is 75.4 Å². The Bertz CT molecular complexity index is 456. The predicted octanol–water partition coefficient (Wildman–Crippen LogP) is 1.16. The molecule has 66 valence electrons. The van der Waals surface area contributed by atoms with E-state index in [1.807, 2.05) is 25.1 Å². The number of benzene rings is 1. The Morgan fingerprint density at radius 3 is 3.15 bits per heavy atom. The van der Waals surface area contributed by atoms with E-state index in [0.29, 0.717) is 0 Å². The molecule has 0 bridgehead atoms. The van der Waals surface area contributed by atoms with Crippen molar-refractivity contribution >= 4 is 17.1 Å². The third-order valence-electron chi connectivity index (χ3n) is 1.99. The summed E-state index contributed by atoms with van der Waals surface area (Å²) in [6.45, 7) is 1.98. The first kappa shape index (κ1) is 7.79. The van der Waals surface area contributed by atoms with Gasteiger partial charge in [0, 0.05) is 11.1 Å². The second kappa shape index (κ2) is 2.90. The Balaban J connectivity index is 2.65. The van der Waals surface area contributed by atoms with E-state index in [1.165, 1.54) is 0 Å². The average Bonchev–Trinajstić information content (AvgIpc) is 2.49. The first-order chi connectivity index (χ1) is 6.31. The van der Waals surface area contributed by atoms with E-state index in [4.69, 9.17) is 5.84 Å². The van der Waals surface area contributed by atoms with E-state index in [9.17, 15) is 0 Å². The minimum absolute atomic E-state index is 0.965. The molecule has 2 aromatic rings. The zero-order valence-electron chi connectivity index (χ0n) is 7.28. The fourth-order valence-corrected chi connectivity index (χ4v) is 1.32. The van der Waals surface area contributed by atoms with Gasteiger partial charge in [0.15, 0.2) is 0 Å². The van der Waals surface area contributed by atoms with Gasteiger partial charge in [0.2, 0.25) is 0 Å². The maximum Gasteiger partial charge on any atom is 0.0924 e. The highest BCUT2D eigenvalue weighted by molar-refractivity contribution is 5.89. The molecule has 0 amide bonds. The molecular weight excluding hydrogens is 164 g/mol. The average molecular weight is 174 g/mol. The zero-order chi connectivity index (χ0) is 9.26. The number of aromatic amines is 1. The molecule has 0 radical (unpaired) electrons. The van der Waals surface area contributed by atoms with Gasteiger partial charge in [0.25, 0.3) is 0 Å². The highest BCUT2D eigenvalue weighted by Gasteiger charge is 2.00. The molecule has 1 aromatic heterocycles. The lowest BCUT2D eigenvalue weighted by Gasteiger charge is -1.92. The van der Waals surface area contributed by atoms with Gasteiger partial charge in [0.05, 0.1) is 11.7 Å². The largest absolute Gasteiger partial charge is 0.323 e. The second-order valence-electron chi connectivity index (χ2n) is 2.90. The number of nitrogens with one attached hydrogen (secondary N) is 1. The van der Waals surface area contributed by atoms with Gasteiger partial charge in [-0.1, -0.05) is 6.07 Å². The van der Waals surface area contributed by atoms with Gasteiger partial charge in [-0.2, -0.15) is 10.2 Å². The van der Waals surface area contributed by atoms with E-state index in [-0.39, 0.29) is 0 Å². The fraction of sp³-hybridized carbons (Fsp3) is 0.111. The number of rotatable bonds is 1. The number of nitrogens with zero attached hydrogens (tertiary/aromatic N) is 2. The smallest absolute Gasteiger partial charge is 0.0924 e. The second-order valence-corrected chi connectivity index (χ2v) is 2.90. The van der Waals surface area contributed by atoms with E-state index >= 15 is 0 Å². The molecule has 0 aliphatic heterocycles. The van der Waals surface area contributed by atoms with Gasteiger partial charge in [-0.15, -0.1) is 0 Å². The van der Waals surface area contributed by atoms with Crippen LogP contribution in [0.15, 0.2) is 23.3 Å². The van der Waals surface area contributed by atoms with Crippen LogP contribution in [0.1, 0.15) is 11.3 Å². The standard InChI is InChI=1S/C9H10N4/c1-6-8-4-7(5-11-10)2-3-9(8)13-12-6/h2-5H,10H2,1H3,(H,12,13). The SMILES string of the molecule is Cc1[nH]nc2ccc(C=NN)cc12. The third kappa shape index (κ3) is 1.26. The van der Waals surface area contributed by atoms with E-state index < -0.39 is 0 Å². The lowest BCUT2D eigenvalue weighted by molar-refractivity contribution is 1.07. The van der Waals surface area contributed by atoms with Crippen LogP contribution in [0, 0.1) is 6.92 Å². The molecule has 0 saturated heterocycles. The number of hydrazone groups is 1. The van der Waals surface area contributed by atoms with Crippen LogP contribution in [0.4, 0.5) is 0 Å². The number of fused-ring (bicyclic) bond motifs is 1. The molecule has 0 spiro atoms. The molecule has 4 nitrogen and oxygen atoms in total. The predicted molar refractivity (Wildman–Crippen MR) is 52.6 cm³/mol. The lowest BCUT2D eigenvalue weighted by atomic mass is 10.1. The van der Waals surface area contributed by atoms with Gasteiger partial charge in [-0.05, 0) is 24.6 Å². The van der Waals surface area contributed by atoms with Crippen molar-refractivity contribution in [1.29, 1.82) is 0 Å². The first-order valence-electron chi connectivity index (χ1n) is 3.99. The summed E-state index contributed by atoms with van der Waals surface area (Å²) >= 11 is 0. The van der Waals surface area contributed by atoms with Crippen molar-refractivity contribution in [3.8, 4) is 0 Å². The summed E-state index contributed by atoms with van der Waals surface area (Å²) in [5.41, 5.74) is 3.01. The summed E-state index contributed by atoms with van der Waals surface area (Å²) in [4.78, 5) is 0. The summed E-state index contributed by atoms with van der Waals surface area (Å²) in [7, 11) is 0. The normalized spacial score (nSPS) is 11.5. The molecule has 0 saturated carbocycles. The van der Waals surface area contributed by atoms with Gasteiger partial charge >= 0.3 is 0 Å². The molecule has 1 aromatic carbocycles. The number of aromatic nitrogens is 2. The van der Waals surface area contributed by atoms with Crippen molar-refractivity contribution in [3.63, 3.8) is 0 Å². The zero-order valence-corrected chi connectivity index (χ0v) is 7.28. The van der Waals surface area contributed by atoms with Crippen LogP contribution < -0.4 is 5.84 Å². The maximum absolute atomic E-state index is 5.06. The van der Waals surface area contributed by atoms with Crippen LogP contribution in [0.5, 0.6) is 0 Å². The number of H-pyrrole nitrogens is 1. The molecule has 4 heteroatoms. The molecule has 3 N–H and O–H groups in total. The number of aryl methyl sites for hydroxylation is 1. The van der Waals surface area contributed by atoms with Crippen LogP contribution in [-0.4, -0.2) is 16.4 Å². The van der Waals surface area contributed by atoms with Crippen LogP contribution in [-0.2, 0) is 0 Å². The highest BCUT2D eigenvalue weighted by Crippen LogP contribution is 2.15. The minimum atomic E-state index is 0.965. The molecule has 0 aliphatic rings. The number of hydrogen-bond donors (Lipinski definition) is 2. The highest BCUT2D eigenvalue weighted by atomic mass is 15.1. The summed E-state index contributed by atoms with van der Waals surface area (Å²) in [5, 5.41) is 11.6. The first-order valence-corrected chi connectivity index (χ1v) is 3.99. The Morgan fingerprint density at radius 1 is 1.54 bits per heavy atom. The third-order valence-corrected chi connectivity index (χ3v) is 1.99. The maximum atomic E-state index is 5.06. The monoisotopic (exact) mass is 174 g/mol. The van der Waals surface area contributed by atoms with E-state index in [2.05, 4.69) is 15.3 Å².